The Labute approximate surface area is 174 Å². The quantitative estimate of drug-likeness (QED) is 0.671. The predicted octanol–water partition coefficient (Wildman–Crippen LogP) is 2.27. The molecule has 0 saturated carbocycles. The van der Waals surface area contributed by atoms with Crippen molar-refractivity contribution < 1.29 is 4.79 Å². The maximum absolute atomic E-state index is 13.4. The van der Waals surface area contributed by atoms with Gasteiger partial charge in [0.05, 0.1) is 23.2 Å². The molecule has 3 aromatic heterocycles. The van der Waals surface area contributed by atoms with Crippen LogP contribution in [-0.4, -0.2) is 56.2 Å². The Balaban J connectivity index is 1.40. The topological polar surface area (TPSA) is 90.9 Å². The molecule has 0 aromatic carbocycles. The lowest BCUT2D eigenvalue weighted by atomic mass is 9.91. The van der Waals surface area contributed by atoms with Crippen LogP contribution in [0.25, 0.3) is 5.82 Å². The summed E-state index contributed by atoms with van der Waals surface area (Å²) in [5.74, 6) is 1.86. The Morgan fingerprint density at radius 1 is 1.10 bits per heavy atom. The maximum atomic E-state index is 13.4. The van der Waals surface area contributed by atoms with Crippen molar-refractivity contribution in [3.63, 3.8) is 0 Å². The number of aromatic nitrogens is 4. The Bertz CT molecular complexity index is 1100. The van der Waals surface area contributed by atoms with Gasteiger partial charge in [0.1, 0.15) is 5.82 Å². The lowest BCUT2D eigenvalue weighted by Gasteiger charge is -2.39. The van der Waals surface area contributed by atoms with Crippen LogP contribution in [0.5, 0.6) is 0 Å². The zero-order valence-corrected chi connectivity index (χ0v) is 16.4. The van der Waals surface area contributed by atoms with Gasteiger partial charge in [-0.05, 0) is 49.1 Å². The number of anilines is 1. The summed E-state index contributed by atoms with van der Waals surface area (Å²) in [4.78, 5) is 26.5. The number of piperidine rings is 1. The van der Waals surface area contributed by atoms with Crippen LogP contribution in [0.2, 0.25) is 0 Å². The van der Waals surface area contributed by atoms with E-state index in [4.69, 9.17) is 0 Å². The molecule has 2 aliphatic rings. The minimum Gasteiger partial charge on any atom is -0.352 e. The summed E-state index contributed by atoms with van der Waals surface area (Å²) >= 11 is 0. The van der Waals surface area contributed by atoms with Crippen molar-refractivity contribution in [2.24, 2.45) is 5.92 Å². The van der Waals surface area contributed by atoms with Crippen LogP contribution in [0.4, 0.5) is 5.82 Å². The zero-order valence-electron chi connectivity index (χ0n) is 16.4. The Hall–Kier alpha value is -3.73. The molecule has 0 aliphatic carbocycles. The van der Waals surface area contributed by atoms with E-state index in [9.17, 15) is 10.1 Å². The summed E-state index contributed by atoms with van der Waals surface area (Å²) in [5, 5.41) is 13.5. The number of nitrogens with zero attached hydrogens (tertiary/aromatic N) is 7. The first kappa shape index (κ1) is 18.3. The van der Waals surface area contributed by atoms with Gasteiger partial charge < -0.3 is 9.80 Å². The number of hydrogen-bond acceptors (Lipinski definition) is 6. The SMILES string of the molecule is N#Cc1ccnc(N2CC[C@@H]3CCN(C(=O)c4cccnc4-n4cccn4)C[C@@H]32)c1. The largest absolute Gasteiger partial charge is 0.352 e. The standard InChI is InChI=1S/C22H21N7O/c23-14-16-4-9-24-20(13-16)28-12-6-17-5-11-27(15-19(17)28)22(30)18-3-1-7-25-21(18)29-10-2-8-26-29/h1-4,7-10,13,17,19H,5-6,11-12,15H2/t17-,19-/m0/s1. The monoisotopic (exact) mass is 399 g/mol. The highest BCUT2D eigenvalue weighted by Gasteiger charge is 2.40. The Morgan fingerprint density at radius 2 is 2.00 bits per heavy atom. The minimum absolute atomic E-state index is 0.0300. The van der Waals surface area contributed by atoms with Crippen LogP contribution in [0, 0.1) is 17.2 Å². The van der Waals surface area contributed by atoms with E-state index >= 15 is 0 Å². The lowest BCUT2D eigenvalue weighted by Crippen LogP contribution is -2.50. The number of amides is 1. The third kappa shape index (κ3) is 3.18. The van der Waals surface area contributed by atoms with Gasteiger partial charge in [0.2, 0.25) is 0 Å². The number of fused-ring (bicyclic) bond motifs is 1. The van der Waals surface area contributed by atoms with E-state index < -0.39 is 0 Å². The van der Waals surface area contributed by atoms with E-state index in [0.29, 0.717) is 29.4 Å². The summed E-state index contributed by atoms with van der Waals surface area (Å²) in [5.41, 5.74) is 1.15. The maximum Gasteiger partial charge on any atom is 0.257 e. The average Bonchev–Trinajstić information content (AvgIpc) is 3.48. The summed E-state index contributed by atoms with van der Waals surface area (Å²) in [6.45, 7) is 2.26. The van der Waals surface area contributed by atoms with Crippen LogP contribution in [-0.2, 0) is 0 Å². The van der Waals surface area contributed by atoms with Gasteiger partial charge in [-0.2, -0.15) is 10.4 Å². The number of rotatable bonds is 3. The molecule has 2 aliphatic heterocycles. The number of nitriles is 1. The second kappa shape index (κ2) is 7.59. The third-order valence-electron chi connectivity index (χ3n) is 6.06. The van der Waals surface area contributed by atoms with Gasteiger partial charge in [0, 0.05) is 44.4 Å². The minimum atomic E-state index is -0.0300. The lowest BCUT2D eigenvalue weighted by molar-refractivity contribution is 0.0678. The average molecular weight is 399 g/mol. The Kier molecular flexibility index (Phi) is 4.64. The van der Waals surface area contributed by atoms with Gasteiger partial charge >= 0.3 is 0 Å². The summed E-state index contributed by atoms with van der Waals surface area (Å²) in [6.07, 6.45) is 8.86. The number of hydrogen-bond donors (Lipinski definition) is 0. The normalized spacial score (nSPS) is 20.6. The molecule has 2 atom stereocenters. The number of likely N-dealkylation sites (tertiary alicyclic amines) is 1. The van der Waals surface area contributed by atoms with Crippen LogP contribution < -0.4 is 4.90 Å². The van der Waals surface area contributed by atoms with Crippen molar-refractivity contribution >= 4 is 11.7 Å². The molecule has 30 heavy (non-hydrogen) atoms. The number of carbonyl (C=O) groups is 1. The fraction of sp³-hybridized carbons (Fsp3) is 0.318. The van der Waals surface area contributed by atoms with Crippen molar-refractivity contribution in [2.75, 3.05) is 24.5 Å². The van der Waals surface area contributed by atoms with Gasteiger partial charge in [-0.15, -0.1) is 0 Å². The van der Waals surface area contributed by atoms with Crippen LogP contribution in [0.3, 0.4) is 0 Å². The molecule has 0 bridgehead atoms. The predicted molar refractivity (Wildman–Crippen MR) is 110 cm³/mol. The molecule has 0 radical (unpaired) electrons. The summed E-state index contributed by atoms with van der Waals surface area (Å²) in [6, 6.07) is 11.3. The highest BCUT2D eigenvalue weighted by molar-refractivity contribution is 5.97. The van der Waals surface area contributed by atoms with E-state index in [2.05, 4.69) is 26.0 Å². The molecule has 0 unspecified atom stereocenters. The van der Waals surface area contributed by atoms with Crippen molar-refractivity contribution in [3.8, 4) is 11.9 Å². The van der Waals surface area contributed by atoms with Gasteiger partial charge in [0.15, 0.2) is 5.82 Å². The second-order valence-electron chi connectivity index (χ2n) is 7.69. The van der Waals surface area contributed by atoms with Crippen LogP contribution >= 0.6 is 0 Å². The summed E-state index contributed by atoms with van der Waals surface area (Å²) < 4.78 is 1.62. The van der Waals surface area contributed by atoms with Crippen molar-refractivity contribution in [3.05, 3.63) is 66.2 Å². The zero-order chi connectivity index (χ0) is 20.5. The van der Waals surface area contributed by atoms with E-state index in [1.165, 1.54) is 0 Å². The molecule has 5 rings (SSSR count). The van der Waals surface area contributed by atoms with Crippen molar-refractivity contribution in [1.82, 2.24) is 24.6 Å². The summed E-state index contributed by atoms with van der Waals surface area (Å²) in [7, 11) is 0. The molecule has 2 saturated heterocycles. The fourth-order valence-electron chi connectivity index (χ4n) is 4.57. The highest BCUT2D eigenvalue weighted by Crippen LogP contribution is 2.35. The smallest absolute Gasteiger partial charge is 0.257 e. The van der Waals surface area contributed by atoms with E-state index in [-0.39, 0.29) is 11.9 Å². The van der Waals surface area contributed by atoms with Crippen LogP contribution in [0.1, 0.15) is 28.8 Å². The number of pyridine rings is 2. The molecule has 150 valence electrons. The van der Waals surface area contributed by atoms with Gasteiger partial charge in [-0.1, -0.05) is 0 Å². The molecule has 1 amide bonds. The fourth-order valence-corrected chi connectivity index (χ4v) is 4.57. The van der Waals surface area contributed by atoms with E-state index in [1.54, 1.807) is 41.6 Å². The first-order valence-corrected chi connectivity index (χ1v) is 10.1. The van der Waals surface area contributed by atoms with Gasteiger partial charge in [-0.25, -0.2) is 14.6 Å². The molecule has 0 N–H and O–H groups in total. The van der Waals surface area contributed by atoms with Crippen molar-refractivity contribution in [1.29, 1.82) is 5.26 Å². The third-order valence-corrected chi connectivity index (χ3v) is 6.06. The first-order chi connectivity index (χ1) is 14.7. The molecule has 0 spiro atoms. The molecule has 3 aromatic rings. The molecule has 8 heteroatoms. The molecule has 8 nitrogen and oxygen atoms in total. The first-order valence-electron chi connectivity index (χ1n) is 10.1. The highest BCUT2D eigenvalue weighted by atomic mass is 16.2. The number of carbonyl (C=O) groups excluding carboxylic acids is 1. The van der Waals surface area contributed by atoms with Crippen LogP contribution in [0.15, 0.2) is 55.1 Å². The molecule has 5 heterocycles. The molecular weight excluding hydrogens is 378 g/mol. The molecule has 2 fully saturated rings. The van der Waals surface area contributed by atoms with E-state index in [1.807, 2.05) is 23.1 Å². The second-order valence-corrected chi connectivity index (χ2v) is 7.69. The van der Waals surface area contributed by atoms with Gasteiger partial charge in [-0.3, -0.25) is 4.79 Å². The Morgan fingerprint density at radius 3 is 2.83 bits per heavy atom. The molecular formula is C22H21N7O. The van der Waals surface area contributed by atoms with Crippen molar-refractivity contribution in [2.45, 2.75) is 18.9 Å². The van der Waals surface area contributed by atoms with E-state index in [0.717, 1.165) is 31.7 Å². The van der Waals surface area contributed by atoms with Gasteiger partial charge in [0.25, 0.3) is 5.91 Å².